The van der Waals surface area contributed by atoms with Crippen molar-refractivity contribution in [3.05, 3.63) is 34.9 Å². The normalized spacial score (nSPS) is 24.2. The Morgan fingerprint density at radius 3 is 2.22 bits per heavy atom. The maximum Gasteiger partial charge on any atom is 0.0720 e. The van der Waals surface area contributed by atoms with Gasteiger partial charge in [0.05, 0.1) is 12.7 Å². The lowest BCUT2D eigenvalue weighted by Gasteiger charge is -2.28. The van der Waals surface area contributed by atoms with E-state index in [0.29, 0.717) is 12.1 Å². The van der Waals surface area contributed by atoms with Crippen molar-refractivity contribution >= 4 is 0 Å². The first-order valence-corrected chi connectivity index (χ1v) is 7.03. The minimum atomic E-state index is 0.454. The summed E-state index contributed by atoms with van der Waals surface area (Å²) in [5, 5.41) is 3.36. The van der Waals surface area contributed by atoms with Gasteiger partial charge in [0.1, 0.15) is 0 Å². The molecule has 2 nitrogen and oxygen atoms in total. The SMILES string of the molecule is CNC1CCC(OCc2cc(C)cc(C)c2)CC1. The Labute approximate surface area is 111 Å². The van der Waals surface area contributed by atoms with E-state index in [2.05, 4.69) is 44.4 Å². The van der Waals surface area contributed by atoms with E-state index >= 15 is 0 Å². The zero-order valence-electron chi connectivity index (χ0n) is 11.8. The molecule has 0 bridgehead atoms. The molecule has 0 amide bonds. The van der Waals surface area contributed by atoms with Crippen molar-refractivity contribution in [1.29, 1.82) is 0 Å². The first-order chi connectivity index (χ1) is 8.67. The predicted octanol–water partition coefficient (Wildman–Crippen LogP) is 3.35. The summed E-state index contributed by atoms with van der Waals surface area (Å²) in [4.78, 5) is 0. The van der Waals surface area contributed by atoms with Crippen LogP contribution in [-0.4, -0.2) is 19.2 Å². The van der Waals surface area contributed by atoms with Crippen molar-refractivity contribution in [3.8, 4) is 0 Å². The van der Waals surface area contributed by atoms with Crippen LogP contribution < -0.4 is 5.32 Å². The summed E-state index contributed by atoms with van der Waals surface area (Å²) >= 11 is 0. The van der Waals surface area contributed by atoms with Gasteiger partial charge in [0, 0.05) is 6.04 Å². The van der Waals surface area contributed by atoms with Crippen LogP contribution in [0.15, 0.2) is 18.2 Å². The average molecular weight is 247 g/mol. The third kappa shape index (κ3) is 3.82. The quantitative estimate of drug-likeness (QED) is 0.881. The number of rotatable bonds is 4. The first kappa shape index (κ1) is 13.6. The zero-order valence-corrected chi connectivity index (χ0v) is 11.8. The van der Waals surface area contributed by atoms with Crippen LogP contribution in [0.1, 0.15) is 42.4 Å². The molecule has 0 unspecified atom stereocenters. The molecule has 0 aliphatic heterocycles. The number of ether oxygens (including phenoxy) is 1. The summed E-state index contributed by atoms with van der Waals surface area (Å²) in [5.74, 6) is 0. The molecule has 1 aliphatic carbocycles. The zero-order chi connectivity index (χ0) is 13.0. The van der Waals surface area contributed by atoms with E-state index in [1.165, 1.54) is 42.4 Å². The summed E-state index contributed by atoms with van der Waals surface area (Å²) in [7, 11) is 2.06. The molecule has 1 aliphatic rings. The highest BCUT2D eigenvalue weighted by Gasteiger charge is 2.20. The third-order valence-corrected chi connectivity index (χ3v) is 3.85. The van der Waals surface area contributed by atoms with Crippen LogP contribution in [0.5, 0.6) is 0 Å². The molecule has 1 saturated carbocycles. The fourth-order valence-electron chi connectivity index (χ4n) is 2.88. The number of aryl methyl sites for hydroxylation is 2. The van der Waals surface area contributed by atoms with Gasteiger partial charge in [0.2, 0.25) is 0 Å². The molecule has 2 heteroatoms. The number of hydrogen-bond donors (Lipinski definition) is 1. The van der Waals surface area contributed by atoms with E-state index in [-0.39, 0.29) is 0 Å². The minimum absolute atomic E-state index is 0.454. The topological polar surface area (TPSA) is 21.3 Å². The van der Waals surface area contributed by atoms with Gasteiger partial charge in [-0.15, -0.1) is 0 Å². The fraction of sp³-hybridized carbons (Fsp3) is 0.625. The van der Waals surface area contributed by atoms with Gasteiger partial charge in [-0.05, 0) is 52.1 Å². The highest BCUT2D eigenvalue weighted by atomic mass is 16.5. The summed E-state index contributed by atoms with van der Waals surface area (Å²) in [5.41, 5.74) is 3.96. The van der Waals surface area contributed by atoms with Crippen LogP contribution in [0, 0.1) is 13.8 Å². The minimum Gasteiger partial charge on any atom is -0.374 e. The molecular formula is C16H25NO. The molecule has 1 N–H and O–H groups in total. The van der Waals surface area contributed by atoms with E-state index in [9.17, 15) is 0 Å². The lowest BCUT2D eigenvalue weighted by molar-refractivity contribution is 0.0118. The Morgan fingerprint density at radius 2 is 1.67 bits per heavy atom. The number of nitrogens with one attached hydrogen (secondary N) is 1. The van der Waals surface area contributed by atoms with Gasteiger partial charge in [-0.25, -0.2) is 0 Å². The van der Waals surface area contributed by atoms with Gasteiger partial charge in [-0.1, -0.05) is 29.3 Å². The summed E-state index contributed by atoms with van der Waals surface area (Å²) in [6, 6.07) is 7.37. The van der Waals surface area contributed by atoms with Crippen molar-refractivity contribution < 1.29 is 4.74 Å². The lowest BCUT2D eigenvalue weighted by Crippen LogP contribution is -2.32. The molecule has 2 rings (SSSR count). The maximum absolute atomic E-state index is 6.04. The third-order valence-electron chi connectivity index (χ3n) is 3.85. The average Bonchev–Trinajstić information content (AvgIpc) is 2.36. The van der Waals surface area contributed by atoms with E-state index < -0.39 is 0 Å². The Balaban J connectivity index is 1.81. The summed E-state index contributed by atoms with van der Waals surface area (Å²) < 4.78 is 6.04. The van der Waals surface area contributed by atoms with Crippen LogP contribution in [-0.2, 0) is 11.3 Å². The first-order valence-electron chi connectivity index (χ1n) is 7.03. The van der Waals surface area contributed by atoms with Crippen molar-refractivity contribution in [1.82, 2.24) is 5.32 Å². The van der Waals surface area contributed by atoms with Gasteiger partial charge in [-0.3, -0.25) is 0 Å². The number of benzene rings is 1. The molecule has 1 fully saturated rings. The molecule has 0 saturated heterocycles. The fourth-order valence-corrected chi connectivity index (χ4v) is 2.88. The molecule has 0 aromatic heterocycles. The molecule has 0 heterocycles. The second-order valence-corrected chi connectivity index (χ2v) is 5.57. The Hall–Kier alpha value is -0.860. The Morgan fingerprint density at radius 1 is 1.06 bits per heavy atom. The van der Waals surface area contributed by atoms with Gasteiger partial charge in [0.25, 0.3) is 0 Å². The van der Waals surface area contributed by atoms with Crippen LogP contribution in [0.25, 0.3) is 0 Å². The monoisotopic (exact) mass is 247 g/mol. The van der Waals surface area contributed by atoms with Gasteiger partial charge in [-0.2, -0.15) is 0 Å². The van der Waals surface area contributed by atoms with Gasteiger partial charge >= 0.3 is 0 Å². The van der Waals surface area contributed by atoms with E-state index in [4.69, 9.17) is 4.74 Å². The molecule has 1 aromatic carbocycles. The molecule has 0 radical (unpaired) electrons. The maximum atomic E-state index is 6.04. The summed E-state index contributed by atoms with van der Waals surface area (Å²) in [6.07, 6.45) is 5.32. The van der Waals surface area contributed by atoms with Crippen molar-refractivity contribution in [2.24, 2.45) is 0 Å². The molecule has 0 spiro atoms. The Kier molecular flexibility index (Phi) is 4.79. The highest BCUT2D eigenvalue weighted by molar-refractivity contribution is 5.28. The van der Waals surface area contributed by atoms with Crippen LogP contribution in [0.4, 0.5) is 0 Å². The van der Waals surface area contributed by atoms with E-state index in [1.807, 2.05) is 0 Å². The summed E-state index contributed by atoms with van der Waals surface area (Å²) in [6.45, 7) is 5.06. The van der Waals surface area contributed by atoms with Crippen molar-refractivity contribution in [2.45, 2.75) is 58.3 Å². The van der Waals surface area contributed by atoms with Gasteiger partial charge in [0.15, 0.2) is 0 Å². The molecule has 18 heavy (non-hydrogen) atoms. The van der Waals surface area contributed by atoms with Crippen LogP contribution >= 0.6 is 0 Å². The standard InChI is InChI=1S/C16H25NO/c1-12-8-13(2)10-14(9-12)11-18-16-6-4-15(17-3)5-7-16/h8-10,15-17H,4-7,11H2,1-3H3. The highest BCUT2D eigenvalue weighted by Crippen LogP contribution is 2.22. The number of hydrogen-bond acceptors (Lipinski definition) is 2. The Bertz CT molecular complexity index is 360. The second kappa shape index (κ2) is 6.35. The van der Waals surface area contributed by atoms with Gasteiger partial charge < -0.3 is 10.1 Å². The molecule has 1 aromatic rings. The molecular weight excluding hydrogens is 222 g/mol. The largest absolute Gasteiger partial charge is 0.374 e. The van der Waals surface area contributed by atoms with E-state index in [1.54, 1.807) is 0 Å². The van der Waals surface area contributed by atoms with Crippen molar-refractivity contribution in [2.75, 3.05) is 7.05 Å². The second-order valence-electron chi connectivity index (χ2n) is 5.57. The van der Waals surface area contributed by atoms with Crippen molar-refractivity contribution in [3.63, 3.8) is 0 Å². The molecule has 0 atom stereocenters. The van der Waals surface area contributed by atoms with E-state index in [0.717, 1.165) is 6.61 Å². The van der Waals surface area contributed by atoms with Crippen LogP contribution in [0.2, 0.25) is 0 Å². The molecule has 100 valence electrons. The van der Waals surface area contributed by atoms with Crippen LogP contribution in [0.3, 0.4) is 0 Å². The predicted molar refractivity (Wildman–Crippen MR) is 75.8 cm³/mol. The lowest BCUT2D eigenvalue weighted by atomic mass is 9.93. The smallest absolute Gasteiger partial charge is 0.0720 e.